The van der Waals surface area contributed by atoms with Gasteiger partial charge in [-0.05, 0) is 44.4 Å². The zero-order valence-corrected chi connectivity index (χ0v) is 11.7. The van der Waals surface area contributed by atoms with E-state index in [9.17, 15) is 4.21 Å². The van der Waals surface area contributed by atoms with E-state index in [2.05, 4.69) is 38.2 Å². The molecule has 0 saturated heterocycles. The Balaban J connectivity index is 2.54. The molecule has 0 aromatic heterocycles. The first-order valence-electron chi connectivity index (χ1n) is 6.36. The molecule has 1 aromatic carbocycles. The Morgan fingerprint density at radius 1 is 1.41 bits per heavy atom. The second-order valence-electron chi connectivity index (χ2n) is 4.80. The Labute approximate surface area is 106 Å². The molecule has 2 atom stereocenters. The van der Waals surface area contributed by atoms with Gasteiger partial charge in [-0.1, -0.05) is 24.6 Å². The summed E-state index contributed by atoms with van der Waals surface area (Å²) in [5.74, 6) is 0.804. The highest BCUT2D eigenvalue weighted by atomic mass is 32.2. The molecule has 0 spiro atoms. The summed E-state index contributed by atoms with van der Waals surface area (Å²) in [6, 6.07) is 4.73. The van der Waals surface area contributed by atoms with Crippen molar-refractivity contribution < 1.29 is 4.21 Å². The normalized spacial score (nSPS) is 24.2. The molecular formula is C14H21NOS. The fourth-order valence-corrected chi connectivity index (χ4v) is 4.21. The highest BCUT2D eigenvalue weighted by Gasteiger charge is 2.23. The smallest absolute Gasteiger partial charge is 0.0535 e. The van der Waals surface area contributed by atoms with E-state index in [1.54, 1.807) is 0 Å². The van der Waals surface area contributed by atoms with Crippen LogP contribution in [0.3, 0.4) is 0 Å². The van der Waals surface area contributed by atoms with Crippen LogP contribution in [0, 0.1) is 13.8 Å². The summed E-state index contributed by atoms with van der Waals surface area (Å²) in [7, 11) is -0.817. The second kappa shape index (κ2) is 5.32. The predicted octanol–water partition coefficient (Wildman–Crippen LogP) is 2.86. The lowest BCUT2D eigenvalue weighted by Crippen LogP contribution is -2.21. The van der Waals surface area contributed by atoms with Crippen LogP contribution >= 0.6 is 0 Å². The standard InChI is InChI=1S/C14H21NOS/c1-4-15-13-6-5-7-17(16)14-11(3)8-10(2)9-12(13)14/h8-9,13,15H,4-7H2,1-3H3. The summed E-state index contributed by atoms with van der Waals surface area (Å²) < 4.78 is 12.3. The number of benzene rings is 1. The number of nitrogens with one attached hydrogen (secondary N) is 1. The van der Waals surface area contributed by atoms with Gasteiger partial charge in [-0.25, -0.2) is 0 Å². The molecule has 1 heterocycles. The Morgan fingerprint density at radius 3 is 2.88 bits per heavy atom. The fourth-order valence-electron chi connectivity index (χ4n) is 2.69. The molecule has 1 aromatic rings. The fraction of sp³-hybridized carbons (Fsp3) is 0.571. The minimum atomic E-state index is -0.817. The average molecular weight is 251 g/mol. The van der Waals surface area contributed by atoms with Crippen LogP contribution < -0.4 is 5.32 Å². The van der Waals surface area contributed by atoms with E-state index in [0.717, 1.165) is 30.0 Å². The third-order valence-electron chi connectivity index (χ3n) is 3.32. The predicted molar refractivity (Wildman–Crippen MR) is 72.8 cm³/mol. The minimum absolute atomic E-state index is 0.375. The van der Waals surface area contributed by atoms with Gasteiger partial charge < -0.3 is 5.32 Å². The van der Waals surface area contributed by atoms with Gasteiger partial charge in [0.25, 0.3) is 0 Å². The van der Waals surface area contributed by atoms with Crippen LogP contribution in [0.25, 0.3) is 0 Å². The van der Waals surface area contributed by atoms with Crippen LogP contribution in [-0.4, -0.2) is 16.5 Å². The van der Waals surface area contributed by atoms with Crippen molar-refractivity contribution in [2.75, 3.05) is 12.3 Å². The van der Waals surface area contributed by atoms with E-state index in [4.69, 9.17) is 0 Å². The molecule has 0 fully saturated rings. The number of aryl methyl sites for hydroxylation is 2. The lowest BCUT2D eigenvalue weighted by atomic mass is 9.98. The summed E-state index contributed by atoms with van der Waals surface area (Å²) in [5.41, 5.74) is 3.71. The van der Waals surface area contributed by atoms with Crippen LogP contribution in [0.4, 0.5) is 0 Å². The van der Waals surface area contributed by atoms with Gasteiger partial charge in [0.2, 0.25) is 0 Å². The van der Waals surface area contributed by atoms with Crippen LogP contribution in [-0.2, 0) is 10.8 Å². The van der Waals surface area contributed by atoms with Crippen molar-refractivity contribution in [2.24, 2.45) is 0 Å². The number of rotatable bonds is 2. The molecule has 0 radical (unpaired) electrons. The van der Waals surface area contributed by atoms with Gasteiger partial charge in [-0.2, -0.15) is 0 Å². The van der Waals surface area contributed by atoms with Gasteiger partial charge in [0.05, 0.1) is 10.8 Å². The monoisotopic (exact) mass is 251 g/mol. The maximum atomic E-state index is 12.3. The van der Waals surface area contributed by atoms with Crippen molar-refractivity contribution in [1.29, 1.82) is 0 Å². The first-order chi connectivity index (χ1) is 8.13. The molecule has 2 unspecified atom stereocenters. The molecule has 1 aliphatic heterocycles. The van der Waals surface area contributed by atoms with E-state index >= 15 is 0 Å². The largest absolute Gasteiger partial charge is 0.310 e. The lowest BCUT2D eigenvalue weighted by molar-refractivity contribution is 0.508. The Kier molecular flexibility index (Phi) is 4.00. The first-order valence-corrected chi connectivity index (χ1v) is 7.68. The topological polar surface area (TPSA) is 29.1 Å². The Morgan fingerprint density at radius 2 is 2.18 bits per heavy atom. The molecule has 17 heavy (non-hydrogen) atoms. The molecule has 94 valence electrons. The van der Waals surface area contributed by atoms with Crippen molar-refractivity contribution >= 4 is 10.8 Å². The maximum absolute atomic E-state index is 12.3. The third-order valence-corrected chi connectivity index (χ3v) is 5.00. The highest BCUT2D eigenvalue weighted by Crippen LogP contribution is 2.32. The Hall–Kier alpha value is -0.670. The molecule has 0 aliphatic carbocycles. The van der Waals surface area contributed by atoms with Gasteiger partial charge in [0.15, 0.2) is 0 Å². The molecule has 2 rings (SSSR count). The highest BCUT2D eigenvalue weighted by molar-refractivity contribution is 7.85. The van der Waals surface area contributed by atoms with Crippen LogP contribution in [0.15, 0.2) is 17.0 Å². The molecule has 0 bridgehead atoms. The van der Waals surface area contributed by atoms with Gasteiger partial charge in [0.1, 0.15) is 0 Å². The molecular weight excluding hydrogens is 230 g/mol. The zero-order valence-electron chi connectivity index (χ0n) is 10.9. The van der Waals surface area contributed by atoms with Gasteiger partial charge in [-0.15, -0.1) is 0 Å². The molecule has 0 saturated carbocycles. The van der Waals surface area contributed by atoms with Crippen LogP contribution in [0.5, 0.6) is 0 Å². The molecule has 0 amide bonds. The molecule has 1 N–H and O–H groups in total. The second-order valence-corrected chi connectivity index (χ2v) is 6.31. The van der Waals surface area contributed by atoms with Crippen LogP contribution in [0.1, 0.15) is 42.5 Å². The van der Waals surface area contributed by atoms with Crippen molar-refractivity contribution in [1.82, 2.24) is 5.32 Å². The molecule has 2 nitrogen and oxygen atoms in total. The molecule has 1 aliphatic rings. The van der Waals surface area contributed by atoms with Gasteiger partial charge >= 0.3 is 0 Å². The SMILES string of the molecule is CCNC1CCCS(=O)c2c(C)cc(C)cc21. The van der Waals surface area contributed by atoms with E-state index in [1.807, 2.05) is 0 Å². The zero-order chi connectivity index (χ0) is 12.4. The van der Waals surface area contributed by atoms with Gasteiger partial charge in [-0.3, -0.25) is 4.21 Å². The van der Waals surface area contributed by atoms with E-state index in [1.165, 1.54) is 16.7 Å². The van der Waals surface area contributed by atoms with E-state index in [0.29, 0.717) is 6.04 Å². The summed E-state index contributed by atoms with van der Waals surface area (Å²) in [5, 5.41) is 3.52. The molecule has 3 heteroatoms. The summed E-state index contributed by atoms with van der Waals surface area (Å²) in [6.45, 7) is 7.29. The quantitative estimate of drug-likeness (QED) is 0.875. The number of hydrogen-bond donors (Lipinski definition) is 1. The van der Waals surface area contributed by atoms with Crippen molar-refractivity contribution in [3.63, 3.8) is 0 Å². The number of fused-ring (bicyclic) bond motifs is 1. The van der Waals surface area contributed by atoms with Crippen molar-refractivity contribution in [3.05, 3.63) is 28.8 Å². The third kappa shape index (κ3) is 2.61. The summed E-state index contributed by atoms with van der Waals surface area (Å²) in [4.78, 5) is 1.08. The summed E-state index contributed by atoms with van der Waals surface area (Å²) in [6.07, 6.45) is 2.13. The lowest BCUT2D eigenvalue weighted by Gasteiger charge is -2.19. The summed E-state index contributed by atoms with van der Waals surface area (Å²) >= 11 is 0. The van der Waals surface area contributed by atoms with Crippen molar-refractivity contribution in [2.45, 2.75) is 44.6 Å². The van der Waals surface area contributed by atoms with E-state index < -0.39 is 10.8 Å². The van der Waals surface area contributed by atoms with E-state index in [-0.39, 0.29) is 0 Å². The maximum Gasteiger partial charge on any atom is 0.0535 e. The van der Waals surface area contributed by atoms with Crippen molar-refractivity contribution in [3.8, 4) is 0 Å². The number of hydrogen-bond acceptors (Lipinski definition) is 2. The first kappa shape index (κ1) is 12.8. The van der Waals surface area contributed by atoms with Crippen LogP contribution in [0.2, 0.25) is 0 Å². The van der Waals surface area contributed by atoms with Gasteiger partial charge in [0, 0.05) is 16.7 Å². The average Bonchev–Trinajstić information content (AvgIpc) is 2.40. The Bertz CT molecular complexity index is 442. The minimum Gasteiger partial charge on any atom is -0.310 e.